The lowest BCUT2D eigenvalue weighted by molar-refractivity contribution is -0.111. The minimum Gasteiger partial charge on any atom is -0.307 e. The maximum atomic E-state index is 11.1. The van der Waals surface area contributed by atoms with Crippen LogP contribution in [0.1, 0.15) is 0 Å². The van der Waals surface area contributed by atoms with Crippen molar-refractivity contribution in [1.29, 1.82) is 0 Å². The molecule has 0 saturated heterocycles. The molecule has 2 heterocycles. The second-order valence-corrected chi connectivity index (χ2v) is 3.34. The van der Waals surface area contributed by atoms with Gasteiger partial charge in [-0.05, 0) is 30.3 Å². The second-order valence-electron chi connectivity index (χ2n) is 3.34. The van der Waals surface area contributed by atoms with E-state index in [0.29, 0.717) is 5.82 Å². The number of pyridine rings is 2. The molecule has 0 unspecified atom stereocenters. The fourth-order valence-corrected chi connectivity index (χ4v) is 1.36. The van der Waals surface area contributed by atoms with E-state index in [9.17, 15) is 4.79 Å². The highest BCUT2D eigenvalue weighted by Crippen LogP contribution is 2.17. The van der Waals surface area contributed by atoms with Crippen molar-refractivity contribution in [3.05, 3.63) is 55.4 Å². The summed E-state index contributed by atoms with van der Waals surface area (Å²) in [4.78, 5) is 19.5. The van der Waals surface area contributed by atoms with Gasteiger partial charge in [0, 0.05) is 18.0 Å². The van der Waals surface area contributed by atoms with Crippen molar-refractivity contribution >= 4 is 11.7 Å². The van der Waals surface area contributed by atoms with E-state index in [2.05, 4.69) is 21.9 Å². The third kappa shape index (κ3) is 2.75. The molecule has 0 aromatic carbocycles. The zero-order chi connectivity index (χ0) is 12.1. The van der Waals surface area contributed by atoms with E-state index in [1.54, 1.807) is 18.5 Å². The van der Waals surface area contributed by atoms with Gasteiger partial charge in [-0.15, -0.1) is 0 Å². The van der Waals surface area contributed by atoms with Crippen molar-refractivity contribution < 1.29 is 4.79 Å². The third-order valence-corrected chi connectivity index (χ3v) is 2.14. The summed E-state index contributed by atoms with van der Waals surface area (Å²) in [7, 11) is 0. The number of carbonyl (C=O) groups is 1. The number of aromatic nitrogens is 2. The number of hydrogen-bond acceptors (Lipinski definition) is 3. The summed E-state index contributed by atoms with van der Waals surface area (Å²) in [5, 5.41) is 2.61. The van der Waals surface area contributed by atoms with Crippen molar-refractivity contribution in [2.45, 2.75) is 0 Å². The molecule has 1 amide bonds. The van der Waals surface area contributed by atoms with Gasteiger partial charge < -0.3 is 5.32 Å². The predicted molar refractivity (Wildman–Crippen MR) is 66.3 cm³/mol. The zero-order valence-electron chi connectivity index (χ0n) is 9.13. The van der Waals surface area contributed by atoms with Gasteiger partial charge in [-0.3, -0.25) is 9.78 Å². The Kier molecular flexibility index (Phi) is 3.25. The number of rotatable bonds is 3. The van der Waals surface area contributed by atoms with Crippen molar-refractivity contribution in [3.63, 3.8) is 0 Å². The zero-order valence-corrected chi connectivity index (χ0v) is 9.13. The van der Waals surface area contributed by atoms with E-state index in [1.807, 2.05) is 24.3 Å². The first-order valence-electron chi connectivity index (χ1n) is 5.10. The highest BCUT2D eigenvalue weighted by Gasteiger charge is 2.02. The van der Waals surface area contributed by atoms with Crippen molar-refractivity contribution in [3.8, 4) is 11.3 Å². The Morgan fingerprint density at radius 3 is 2.88 bits per heavy atom. The molecule has 2 aromatic rings. The summed E-state index contributed by atoms with van der Waals surface area (Å²) in [6.07, 6.45) is 4.63. The van der Waals surface area contributed by atoms with Crippen LogP contribution in [0.25, 0.3) is 11.3 Å². The predicted octanol–water partition coefficient (Wildman–Crippen LogP) is 2.27. The topological polar surface area (TPSA) is 54.9 Å². The van der Waals surface area contributed by atoms with Crippen LogP contribution >= 0.6 is 0 Å². The molecule has 0 bridgehead atoms. The van der Waals surface area contributed by atoms with Crippen molar-refractivity contribution in [2.24, 2.45) is 0 Å². The van der Waals surface area contributed by atoms with Crippen molar-refractivity contribution in [2.75, 3.05) is 5.32 Å². The molecule has 1 N–H and O–H groups in total. The molecular weight excluding hydrogens is 214 g/mol. The van der Waals surface area contributed by atoms with Crippen LogP contribution in [0, 0.1) is 0 Å². The molecule has 0 aliphatic heterocycles. The maximum absolute atomic E-state index is 11.1. The summed E-state index contributed by atoms with van der Waals surface area (Å²) >= 11 is 0. The molecule has 2 rings (SSSR count). The van der Waals surface area contributed by atoms with Crippen LogP contribution in [0.3, 0.4) is 0 Å². The molecule has 0 fully saturated rings. The van der Waals surface area contributed by atoms with Crippen LogP contribution in [0.15, 0.2) is 55.4 Å². The molecule has 2 aromatic heterocycles. The minimum absolute atomic E-state index is 0.277. The fraction of sp³-hybridized carbons (Fsp3) is 0. The van der Waals surface area contributed by atoms with Crippen LogP contribution in [-0.2, 0) is 4.79 Å². The molecule has 0 spiro atoms. The SMILES string of the molecule is C=CC(=O)Nc1cccc(-c2cccnc2)n1. The Balaban J connectivity index is 2.29. The molecule has 0 saturated carbocycles. The monoisotopic (exact) mass is 225 g/mol. The smallest absolute Gasteiger partial charge is 0.248 e. The molecule has 0 radical (unpaired) electrons. The molecule has 84 valence electrons. The first-order valence-corrected chi connectivity index (χ1v) is 5.10. The summed E-state index contributed by atoms with van der Waals surface area (Å²) < 4.78 is 0. The Bertz CT molecular complexity index is 537. The summed E-state index contributed by atoms with van der Waals surface area (Å²) in [6, 6.07) is 9.16. The number of nitrogens with zero attached hydrogens (tertiary/aromatic N) is 2. The Morgan fingerprint density at radius 1 is 1.29 bits per heavy atom. The first-order chi connectivity index (χ1) is 8.29. The van der Waals surface area contributed by atoms with Crippen LogP contribution < -0.4 is 5.32 Å². The Hall–Kier alpha value is -2.49. The average molecular weight is 225 g/mol. The molecule has 0 atom stereocenters. The lowest BCUT2D eigenvalue weighted by Gasteiger charge is -2.04. The molecule has 4 nitrogen and oxygen atoms in total. The maximum Gasteiger partial charge on any atom is 0.248 e. The molecule has 0 aliphatic carbocycles. The van der Waals surface area contributed by atoms with Gasteiger partial charge in [0.05, 0.1) is 5.69 Å². The highest BCUT2D eigenvalue weighted by molar-refractivity contribution is 5.98. The Labute approximate surface area is 99.0 Å². The lowest BCUT2D eigenvalue weighted by atomic mass is 10.2. The second kappa shape index (κ2) is 5.03. The van der Waals surface area contributed by atoms with Crippen LogP contribution in [-0.4, -0.2) is 15.9 Å². The van der Waals surface area contributed by atoms with E-state index in [4.69, 9.17) is 0 Å². The van der Waals surface area contributed by atoms with Crippen LogP contribution in [0.2, 0.25) is 0 Å². The lowest BCUT2D eigenvalue weighted by Crippen LogP contribution is -2.08. The number of nitrogens with one attached hydrogen (secondary N) is 1. The van der Waals surface area contributed by atoms with Gasteiger partial charge in [0.2, 0.25) is 5.91 Å². The van der Waals surface area contributed by atoms with Gasteiger partial charge in [0.15, 0.2) is 0 Å². The van der Waals surface area contributed by atoms with E-state index in [1.165, 1.54) is 6.08 Å². The Morgan fingerprint density at radius 2 is 2.18 bits per heavy atom. The van der Waals surface area contributed by atoms with E-state index < -0.39 is 0 Å². The van der Waals surface area contributed by atoms with Gasteiger partial charge in [0.25, 0.3) is 0 Å². The third-order valence-electron chi connectivity index (χ3n) is 2.14. The van der Waals surface area contributed by atoms with Crippen LogP contribution in [0.4, 0.5) is 5.82 Å². The molecule has 17 heavy (non-hydrogen) atoms. The average Bonchev–Trinajstić information content (AvgIpc) is 2.40. The number of carbonyl (C=O) groups excluding carboxylic acids is 1. The number of amides is 1. The van der Waals surface area contributed by atoms with E-state index in [0.717, 1.165) is 11.3 Å². The standard InChI is InChI=1S/C13H11N3O/c1-2-13(17)16-12-7-3-6-11(15-12)10-5-4-8-14-9-10/h2-9H,1H2,(H,15,16,17). The summed E-state index contributed by atoms with van der Waals surface area (Å²) in [5.41, 5.74) is 1.67. The molecule has 4 heteroatoms. The van der Waals surface area contributed by atoms with Crippen LogP contribution in [0.5, 0.6) is 0 Å². The van der Waals surface area contributed by atoms with Gasteiger partial charge in [-0.2, -0.15) is 0 Å². The molecular formula is C13H11N3O. The van der Waals surface area contributed by atoms with Gasteiger partial charge in [-0.1, -0.05) is 12.6 Å². The molecule has 0 aliphatic rings. The number of anilines is 1. The van der Waals surface area contributed by atoms with Gasteiger partial charge in [-0.25, -0.2) is 4.98 Å². The van der Waals surface area contributed by atoms with Gasteiger partial charge >= 0.3 is 0 Å². The van der Waals surface area contributed by atoms with E-state index in [-0.39, 0.29) is 5.91 Å². The van der Waals surface area contributed by atoms with E-state index >= 15 is 0 Å². The number of hydrogen-bond donors (Lipinski definition) is 1. The largest absolute Gasteiger partial charge is 0.307 e. The fourth-order valence-electron chi connectivity index (χ4n) is 1.36. The first kappa shape index (κ1) is 11.0. The minimum atomic E-state index is -0.277. The highest BCUT2D eigenvalue weighted by atomic mass is 16.1. The van der Waals surface area contributed by atoms with Crippen molar-refractivity contribution in [1.82, 2.24) is 9.97 Å². The quantitative estimate of drug-likeness (QED) is 0.815. The summed E-state index contributed by atoms with van der Waals surface area (Å²) in [5.74, 6) is 0.220. The summed E-state index contributed by atoms with van der Waals surface area (Å²) in [6.45, 7) is 3.39. The van der Waals surface area contributed by atoms with Gasteiger partial charge in [0.1, 0.15) is 5.82 Å². The normalized spacial score (nSPS) is 9.65.